The Balaban J connectivity index is 2.19. The van der Waals surface area contributed by atoms with Crippen molar-refractivity contribution in [1.82, 2.24) is 0 Å². The van der Waals surface area contributed by atoms with E-state index in [9.17, 15) is 27.9 Å². The maximum absolute atomic E-state index is 14.2. The molecular weight excluding hydrogens is 427 g/mol. The van der Waals surface area contributed by atoms with Gasteiger partial charge in [-0.15, -0.1) is 0 Å². The Morgan fingerprint density at radius 2 is 1.90 bits per heavy atom. The molecule has 0 aromatic heterocycles. The zero-order valence-electron chi connectivity index (χ0n) is 15.8. The fourth-order valence-corrected chi connectivity index (χ4v) is 3.68. The predicted octanol–water partition coefficient (Wildman–Crippen LogP) is 3.95. The number of aliphatic hydroxyl groups is 1. The highest BCUT2D eigenvalue weighted by molar-refractivity contribution is 6.31. The highest BCUT2D eigenvalue weighted by Crippen LogP contribution is 2.51. The van der Waals surface area contributed by atoms with Crippen LogP contribution in [0.4, 0.5) is 18.9 Å². The van der Waals surface area contributed by atoms with E-state index in [-0.39, 0.29) is 34.2 Å². The topological polar surface area (TPSA) is 87.1 Å². The minimum absolute atomic E-state index is 0.0732. The first-order valence-corrected chi connectivity index (χ1v) is 9.11. The summed E-state index contributed by atoms with van der Waals surface area (Å²) in [7, 11) is 1.39. The molecule has 30 heavy (non-hydrogen) atoms. The summed E-state index contributed by atoms with van der Waals surface area (Å²) in [6, 6.07) is 6.66. The summed E-state index contributed by atoms with van der Waals surface area (Å²) in [6.45, 7) is 0.853. The third-order valence-corrected chi connectivity index (χ3v) is 5.60. The number of hydrogen-bond donors (Lipinski definition) is 2. The van der Waals surface area contributed by atoms with Crippen LogP contribution in [0.2, 0.25) is 5.02 Å². The number of rotatable bonds is 4. The van der Waals surface area contributed by atoms with Crippen molar-refractivity contribution < 1.29 is 37.7 Å². The van der Waals surface area contributed by atoms with E-state index in [1.54, 1.807) is 0 Å². The Kier molecular flexibility index (Phi) is 5.46. The highest BCUT2D eigenvalue weighted by atomic mass is 35.5. The molecule has 2 N–H and O–H groups in total. The average Bonchev–Trinajstić information content (AvgIpc) is 2.68. The predicted molar refractivity (Wildman–Crippen MR) is 102 cm³/mol. The number of carbonyl (C=O) groups is 2. The second-order valence-electron chi connectivity index (χ2n) is 6.95. The van der Waals surface area contributed by atoms with Crippen LogP contribution in [-0.2, 0) is 10.4 Å². The normalized spacial score (nSPS) is 17.0. The standard InChI is InChI=1S/C20H17ClF3NO5/c1-10(13-7-11(18(27)28)3-5-14(13)21)19(29,20(22,23)24)12-4-6-16-15(8-12)25(2)17(26)9-30-16/h3-8,10,29H,9H2,1-2H3,(H,27,28). The van der Waals surface area contributed by atoms with Crippen LogP contribution in [0.5, 0.6) is 5.75 Å². The Morgan fingerprint density at radius 3 is 2.50 bits per heavy atom. The van der Waals surface area contributed by atoms with Crippen molar-refractivity contribution in [2.45, 2.75) is 24.6 Å². The van der Waals surface area contributed by atoms with Gasteiger partial charge in [0.25, 0.3) is 5.91 Å². The van der Waals surface area contributed by atoms with Gasteiger partial charge in [-0.1, -0.05) is 24.6 Å². The van der Waals surface area contributed by atoms with Crippen LogP contribution in [0.1, 0.15) is 34.3 Å². The van der Waals surface area contributed by atoms with Crippen LogP contribution < -0.4 is 9.64 Å². The number of amides is 1. The lowest BCUT2D eigenvalue weighted by Crippen LogP contribution is -2.47. The Hall–Kier alpha value is -2.78. The van der Waals surface area contributed by atoms with Gasteiger partial charge in [0, 0.05) is 18.0 Å². The summed E-state index contributed by atoms with van der Waals surface area (Å²) in [4.78, 5) is 24.3. The molecule has 0 aliphatic carbocycles. The van der Waals surface area contributed by atoms with Gasteiger partial charge >= 0.3 is 12.1 Å². The van der Waals surface area contributed by atoms with Gasteiger partial charge in [0.1, 0.15) is 5.75 Å². The SMILES string of the molecule is CC(c1cc(C(=O)O)ccc1Cl)C(O)(c1ccc2c(c1)N(C)C(=O)CO2)C(F)(F)F. The zero-order chi connectivity index (χ0) is 22.4. The minimum atomic E-state index is -5.15. The van der Waals surface area contributed by atoms with E-state index in [4.69, 9.17) is 21.4 Å². The molecule has 2 aromatic rings. The van der Waals surface area contributed by atoms with Gasteiger partial charge in [-0.25, -0.2) is 4.79 Å². The van der Waals surface area contributed by atoms with E-state index in [2.05, 4.69) is 0 Å². The van der Waals surface area contributed by atoms with Crippen molar-refractivity contribution in [3.8, 4) is 5.75 Å². The van der Waals surface area contributed by atoms with Gasteiger partial charge < -0.3 is 19.8 Å². The molecule has 1 aliphatic heterocycles. The smallest absolute Gasteiger partial charge is 0.422 e. The summed E-state index contributed by atoms with van der Waals surface area (Å²) in [6.07, 6.45) is -5.15. The summed E-state index contributed by atoms with van der Waals surface area (Å²) in [5.41, 5.74) is -4.35. The van der Waals surface area contributed by atoms with Crippen LogP contribution in [0.15, 0.2) is 36.4 Å². The zero-order valence-corrected chi connectivity index (χ0v) is 16.6. The molecule has 0 bridgehead atoms. The first-order valence-electron chi connectivity index (χ1n) is 8.73. The lowest BCUT2D eigenvalue weighted by molar-refractivity contribution is -0.274. The number of anilines is 1. The van der Waals surface area contributed by atoms with Crippen LogP contribution in [-0.4, -0.2) is 41.9 Å². The average molecular weight is 444 g/mol. The number of nitrogens with zero attached hydrogens (tertiary/aromatic N) is 1. The van der Waals surface area contributed by atoms with Crippen molar-refractivity contribution in [2.75, 3.05) is 18.6 Å². The Morgan fingerprint density at radius 1 is 1.23 bits per heavy atom. The lowest BCUT2D eigenvalue weighted by atomic mass is 9.77. The van der Waals surface area contributed by atoms with Crippen LogP contribution in [0.3, 0.4) is 0 Å². The van der Waals surface area contributed by atoms with E-state index in [1.165, 1.54) is 19.2 Å². The third-order valence-electron chi connectivity index (χ3n) is 5.25. The van der Waals surface area contributed by atoms with Gasteiger partial charge in [-0.3, -0.25) is 4.79 Å². The molecular formula is C20H17ClF3NO5. The number of hydrogen-bond acceptors (Lipinski definition) is 4. The number of likely N-dealkylation sites (N-methyl/N-ethyl adjacent to an activating group) is 1. The molecule has 2 aromatic carbocycles. The largest absolute Gasteiger partial charge is 0.482 e. The monoisotopic (exact) mass is 443 g/mol. The van der Waals surface area contributed by atoms with Crippen molar-refractivity contribution in [2.24, 2.45) is 0 Å². The minimum Gasteiger partial charge on any atom is -0.482 e. The van der Waals surface area contributed by atoms with Gasteiger partial charge in [0.2, 0.25) is 0 Å². The van der Waals surface area contributed by atoms with Crippen molar-refractivity contribution in [3.63, 3.8) is 0 Å². The number of benzene rings is 2. The Bertz CT molecular complexity index is 1030. The van der Waals surface area contributed by atoms with E-state index < -0.39 is 35.1 Å². The summed E-state index contributed by atoms with van der Waals surface area (Å²) in [5.74, 6) is -3.28. The first-order chi connectivity index (χ1) is 13.9. The van der Waals surface area contributed by atoms with Crippen LogP contribution in [0, 0.1) is 0 Å². The third kappa shape index (κ3) is 3.48. The summed E-state index contributed by atoms with van der Waals surface area (Å²) < 4.78 is 47.8. The van der Waals surface area contributed by atoms with E-state index in [0.29, 0.717) is 0 Å². The molecule has 1 aliphatic rings. The van der Waals surface area contributed by atoms with Crippen LogP contribution >= 0.6 is 11.6 Å². The van der Waals surface area contributed by atoms with Crippen molar-refractivity contribution >= 4 is 29.2 Å². The van der Waals surface area contributed by atoms with E-state index in [1.807, 2.05) is 0 Å². The fourth-order valence-electron chi connectivity index (χ4n) is 3.40. The molecule has 160 valence electrons. The molecule has 3 rings (SSSR count). The van der Waals surface area contributed by atoms with E-state index in [0.717, 1.165) is 36.1 Å². The number of carbonyl (C=O) groups excluding carboxylic acids is 1. The number of alkyl halides is 3. The van der Waals surface area contributed by atoms with Gasteiger partial charge in [-0.2, -0.15) is 13.2 Å². The second-order valence-corrected chi connectivity index (χ2v) is 7.36. The fraction of sp³-hybridized carbons (Fsp3) is 0.300. The maximum Gasteiger partial charge on any atom is 0.422 e. The molecule has 0 spiro atoms. The van der Waals surface area contributed by atoms with Crippen molar-refractivity contribution in [1.29, 1.82) is 0 Å². The van der Waals surface area contributed by atoms with Crippen molar-refractivity contribution in [3.05, 3.63) is 58.1 Å². The van der Waals surface area contributed by atoms with E-state index >= 15 is 0 Å². The summed E-state index contributed by atoms with van der Waals surface area (Å²) in [5, 5.41) is 20.0. The summed E-state index contributed by atoms with van der Waals surface area (Å²) >= 11 is 6.05. The number of ether oxygens (including phenoxy) is 1. The molecule has 0 fully saturated rings. The number of aromatic carboxylic acids is 1. The molecule has 1 heterocycles. The highest BCUT2D eigenvalue weighted by Gasteiger charge is 2.59. The molecule has 0 saturated heterocycles. The van der Waals surface area contributed by atoms with Gasteiger partial charge in [0.15, 0.2) is 12.2 Å². The molecule has 2 unspecified atom stereocenters. The molecule has 0 saturated carbocycles. The molecule has 6 nitrogen and oxygen atoms in total. The molecule has 10 heteroatoms. The first kappa shape index (κ1) is 21.9. The lowest BCUT2D eigenvalue weighted by Gasteiger charge is -2.38. The van der Waals surface area contributed by atoms with Gasteiger partial charge in [-0.05, 0) is 41.5 Å². The number of fused-ring (bicyclic) bond motifs is 1. The number of halogens is 4. The number of carboxylic acid groups (broad SMARTS) is 1. The molecule has 1 amide bonds. The second kappa shape index (κ2) is 7.48. The maximum atomic E-state index is 14.2. The quantitative estimate of drug-likeness (QED) is 0.747. The molecule has 0 radical (unpaired) electrons. The number of carboxylic acids is 1. The van der Waals surface area contributed by atoms with Crippen LogP contribution in [0.25, 0.3) is 0 Å². The van der Waals surface area contributed by atoms with Gasteiger partial charge in [0.05, 0.1) is 11.3 Å². The Labute approximate surface area is 174 Å². The molecule has 2 atom stereocenters.